The van der Waals surface area contributed by atoms with Crippen LogP contribution in [0, 0.1) is 41.4 Å². The van der Waals surface area contributed by atoms with E-state index in [9.17, 15) is 38.4 Å². The van der Waals surface area contributed by atoms with E-state index in [1.165, 1.54) is 9.80 Å². The molecule has 0 spiro atoms. The number of carbonyl (C=O) groups excluding carboxylic acids is 8. The summed E-state index contributed by atoms with van der Waals surface area (Å²) in [6.07, 6.45) is 5.78. The zero-order valence-electron chi connectivity index (χ0n) is 40.7. The van der Waals surface area contributed by atoms with Crippen LogP contribution in [0.1, 0.15) is 141 Å². The average Bonchev–Trinajstić information content (AvgIpc) is 3.45. The molecule has 1 aliphatic rings. The molecule has 15 heteroatoms. The van der Waals surface area contributed by atoms with Gasteiger partial charge in [0.15, 0.2) is 0 Å². The van der Waals surface area contributed by atoms with Crippen LogP contribution in [0.5, 0.6) is 0 Å². The minimum atomic E-state index is -0.384. The highest BCUT2D eigenvalue weighted by Gasteiger charge is 2.39. The van der Waals surface area contributed by atoms with Gasteiger partial charge in [0, 0.05) is 90.1 Å². The van der Waals surface area contributed by atoms with Gasteiger partial charge in [0.1, 0.15) is 13.2 Å². The highest BCUT2D eigenvalue weighted by Crippen LogP contribution is 2.26. The van der Waals surface area contributed by atoms with Crippen LogP contribution in [0.3, 0.4) is 0 Å². The maximum absolute atomic E-state index is 12.2. The maximum Gasteiger partial charge on any atom is 0.305 e. The number of hydrogen-bond acceptors (Lipinski definition) is 10. The summed E-state index contributed by atoms with van der Waals surface area (Å²) in [7, 11) is 5.17. The van der Waals surface area contributed by atoms with Gasteiger partial charge in [0.05, 0.1) is 13.1 Å². The van der Waals surface area contributed by atoms with Crippen molar-refractivity contribution in [3.63, 3.8) is 0 Å². The second-order valence-electron chi connectivity index (χ2n) is 18.1. The molecule has 1 rings (SSSR count). The maximum atomic E-state index is 12.2. The van der Waals surface area contributed by atoms with Gasteiger partial charge in [-0.2, -0.15) is 0 Å². The molecule has 1 aliphatic heterocycles. The van der Waals surface area contributed by atoms with Crippen molar-refractivity contribution in [2.24, 2.45) is 41.4 Å². The highest BCUT2D eigenvalue weighted by atomic mass is 16.5. The molecule has 0 aromatic heterocycles. The SMILES string of the molecule is CC(C)C(=O)N(C)CCOC(=O)CCCN1C(=O)CC(C(C)C)C1=O.CC(C)CCCC(=O)NCCN(C)C(=O)C(C)C.CC(C)CCCC(=O)OCCN(C)C(=O)C(C)C. The van der Waals surface area contributed by atoms with Gasteiger partial charge in [-0.25, -0.2) is 0 Å². The molecule has 1 unspecified atom stereocenters. The number of rotatable bonds is 25. The Morgan fingerprint density at radius 2 is 1.00 bits per heavy atom. The monoisotopic (exact) mass is 868 g/mol. The summed E-state index contributed by atoms with van der Waals surface area (Å²) in [4.78, 5) is 99.5. The van der Waals surface area contributed by atoms with Gasteiger partial charge in [-0.1, -0.05) is 95.9 Å². The van der Waals surface area contributed by atoms with E-state index in [0.717, 1.165) is 25.7 Å². The minimum absolute atomic E-state index is 0.00168. The largest absolute Gasteiger partial charge is 0.464 e. The van der Waals surface area contributed by atoms with Crippen LogP contribution in [0.4, 0.5) is 0 Å². The Balaban J connectivity index is 0. The number of amides is 6. The second kappa shape index (κ2) is 32.6. The van der Waals surface area contributed by atoms with Crippen molar-refractivity contribution in [3.8, 4) is 0 Å². The quantitative estimate of drug-likeness (QED) is 0.0849. The van der Waals surface area contributed by atoms with Crippen LogP contribution < -0.4 is 5.32 Å². The van der Waals surface area contributed by atoms with Gasteiger partial charge in [0.25, 0.3) is 0 Å². The van der Waals surface area contributed by atoms with E-state index in [1.54, 1.807) is 30.9 Å². The molecule has 0 aromatic rings. The summed E-state index contributed by atoms with van der Waals surface area (Å²) in [6, 6.07) is 0. The molecule has 0 bridgehead atoms. The first-order chi connectivity index (χ1) is 28.3. The van der Waals surface area contributed by atoms with Gasteiger partial charge in [-0.15, -0.1) is 0 Å². The first-order valence-electron chi connectivity index (χ1n) is 22.5. The molecule has 0 aliphatic carbocycles. The van der Waals surface area contributed by atoms with Crippen molar-refractivity contribution in [1.82, 2.24) is 24.9 Å². The van der Waals surface area contributed by atoms with Gasteiger partial charge >= 0.3 is 11.9 Å². The van der Waals surface area contributed by atoms with E-state index in [1.807, 2.05) is 55.4 Å². The summed E-state index contributed by atoms with van der Waals surface area (Å²) in [5.41, 5.74) is 0. The number of likely N-dealkylation sites (N-methyl/N-ethyl adjacent to an activating group) is 3. The Morgan fingerprint density at radius 1 is 0.607 bits per heavy atom. The predicted molar refractivity (Wildman–Crippen MR) is 239 cm³/mol. The van der Waals surface area contributed by atoms with E-state index < -0.39 is 0 Å². The van der Waals surface area contributed by atoms with E-state index >= 15 is 0 Å². The van der Waals surface area contributed by atoms with Crippen LogP contribution in [-0.2, 0) is 47.8 Å². The Bertz CT molecular complexity index is 1290. The van der Waals surface area contributed by atoms with Crippen molar-refractivity contribution in [1.29, 1.82) is 0 Å². The van der Waals surface area contributed by atoms with Crippen LogP contribution in [0.15, 0.2) is 0 Å². The molecule has 1 heterocycles. The van der Waals surface area contributed by atoms with Crippen molar-refractivity contribution >= 4 is 47.4 Å². The third-order valence-electron chi connectivity index (χ3n) is 9.95. The molecule has 1 saturated heterocycles. The lowest BCUT2D eigenvalue weighted by molar-refractivity contribution is -0.147. The lowest BCUT2D eigenvalue weighted by Crippen LogP contribution is -2.37. The number of ether oxygens (including phenoxy) is 2. The normalized spacial score (nSPS) is 13.6. The second-order valence-corrected chi connectivity index (χ2v) is 18.1. The molecule has 0 saturated carbocycles. The van der Waals surface area contributed by atoms with Crippen LogP contribution in [0.2, 0.25) is 0 Å². The topological polar surface area (TPSA) is 180 Å². The predicted octanol–water partition coefficient (Wildman–Crippen LogP) is 5.97. The van der Waals surface area contributed by atoms with Gasteiger partial charge < -0.3 is 29.5 Å². The number of carbonyl (C=O) groups is 8. The van der Waals surface area contributed by atoms with Gasteiger partial charge in [-0.3, -0.25) is 43.3 Å². The summed E-state index contributed by atoms with van der Waals surface area (Å²) >= 11 is 0. The smallest absolute Gasteiger partial charge is 0.305 e. The van der Waals surface area contributed by atoms with Crippen LogP contribution in [0.25, 0.3) is 0 Å². The number of likely N-dealkylation sites (tertiary alicyclic amines) is 1. The number of imide groups is 1. The molecule has 15 nitrogen and oxygen atoms in total. The molecule has 0 radical (unpaired) electrons. The Labute approximate surface area is 368 Å². The summed E-state index contributed by atoms with van der Waals surface area (Å²) in [6.45, 7) is 26.2. The Kier molecular flexibility index (Phi) is 31.6. The molecule has 354 valence electrons. The molecule has 1 atom stereocenters. The van der Waals surface area contributed by atoms with E-state index in [0.29, 0.717) is 57.3 Å². The number of nitrogens with zero attached hydrogens (tertiary/aromatic N) is 4. The third kappa shape index (κ3) is 28.2. The van der Waals surface area contributed by atoms with E-state index in [2.05, 4.69) is 33.0 Å². The molecule has 1 N–H and O–H groups in total. The average molecular weight is 868 g/mol. The molecular formula is C46H85N5O10. The zero-order chi connectivity index (χ0) is 47.4. The van der Waals surface area contributed by atoms with Crippen molar-refractivity contribution in [3.05, 3.63) is 0 Å². The molecule has 0 aromatic carbocycles. The fraction of sp³-hybridized carbons (Fsp3) is 0.826. The van der Waals surface area contributed by atoms with Gasteiger partial charge in [0.2, 0.25) is 35.4 Å². The Hall–Kier alpha value is -4.04. The summed E-state index contributed by atoms with van der Waals surface area (Å²) in [5, 5.41) is 2.85. The first-order valence-corrected chi connectivity index (χ1v) is 22.5. The van der Waals surface area contributed by atoms with Gasteiger partial charge in [-0.05, 0) is 37.0 Å². The standard InChI is InChI=1S/C18H30N2O5.C14H28N2O2.C14H27NO3/c1-12(2)14-11-15(21)20(18(14)24)8-6-7-16(22)25-10-9-19(5)17(23)13(3)4;1-11(2)7-6-8-13(17)15-9-10-16(5)14(18)12(3)4;1-11(2)7-6-8-13(16)18-10-9-15(5)14(17)12(3)4/h12-14H,6-11H2,1-5H3;11-12H,6-10H2,1-5H3,(H,15,17);11-12H,6-10H2,1-5H3. The number of hydrogen-bond donors (Lipinski definition) is 1. The fourth-order valence-electron chi connectivity index (χ4n) is 6.01. The first kappa shape index (κ1) is 59.1. The number of nitrogens with one attached hydrogen (secondary N) is 1. The summed E-state index contributed by atoms with van der Waals surface area (Å²) < 4.78 is 10.2. The molecular weight excluding hydrogens is 783 g/mol. The summed E-state index contributed by atoms with van der Waals surface area (Å²) in [5.74, 6) is 0.488. The molecule has 1 fully saturated rings. The Morgan fingerprint density at radius 3 is 1.38 bits per heavy atom. The van der Waals surface area contributed by atoms with Crippen LogP contribution in [-0.4, -0.2) is 134 Å². The molecule has 61 heavy (non-hydrogen) atoms. The van der Waals surface area contributed by atoms with Crippen molar-refractivity contribution in [2.75, 3.05) is 67.1 Å². The van der Waals surface area contributed by atoms with E-state index in [-0.39, 0.29) is 110 Å². The minimum Gasteiger partial charge on any atom is -0.464 e. The number of esters is 2. The highest BCUT2D eigenvalue weighted by molar-refractivity contribution is 6.03. The van der Waals surface area contributed by atoms with Crippen molar-refractivity contribution in [2.45, 2.75) is 141 Å². The lowest BCUT2D eigenvalue weighted by atomic mass is 9.94. The van der Waals surface area contributed by atoms with E-state index in [4.69, 9.17) is 9.47 Å². The van der Waals surface area contributed by atoms with Crippen molar-refractivity contribution < 1.29 is 47.8 Å². The van der Waals surface area contributed by atoms with Crippen LogP contribution >= 0.6 is 0 Å². The zero-order valence-corrected chi connectivity index (χ0v) is 40.7. The molecule has 6 amide bonds. The lowest BCUT2D eigenvalue weighted by Gasteiger charge is -2.19. The fourth-order valence-corrected chi connectivity index (χ4v) is 6.01. The third-order valence-corrected chi connectivity index (χ3v) is 9.95.